The molecular formula is C14H18ClNO. The van der Waals surface area contributed by atoms with E-state index in [2.05, 4.69) is 5.32 Å². The largest absolute Gasteiger partial charge is 0.317 e. The van der Waals surface area contributed by atoms with Crippen LogP contribution < -0.4 is 5.32 Å². The monoisotopic (exact) mass is 251 g/mol. The molecule has 2 nitrogen and oxygen atoms in total. The summed E-state index contributed by atoms with van der Waals surface area (Å²) in [6, 6.07) is 7.60. The molecule has 3 heteroatoms. The second-order valence-electron chi connectivity index (χ2n) is 4.70. The minimum atomic E-state index is 0.310. The van der Waals surface area contributed by atoms with Gasteiger partial charge in [-0.25, -0.2) is 0 Å². The van der Waals surface area contributed by atoms with Gasteiger partial charge in [-0.2, -0.15) is 0 Å². The minimum Gasteiger partial charge on any atom is -0.317 e. The van der Waals surface area contributed by atoms with Gasteiger partial charge in [-0.05, 0) is 43.5 Å². The van der Waals surface area contributed by atoms with Crippen molar-refractivity contribution in [2.45, 2.75) is 25.7 Å². The summed E-state index contributed by atoms with van der Waals surface area (Å²) in [6.07, 6.45) is 3.42. The zero-order valence-corrected chi connectivity index (χ0v) is 10.7. The van der Waals surface area contributed by atoms with Gasteiger partial charge in [-0.15, -0.1) is 0 Å². The molecule has 2 rings (SSSR count). The first-order valence-corrected chi connectivity index (χ1v) is 6.59. The van der Waals surface area contributed by atoms with Gasteiger partial charge in [0.15, 0.2) is 0 Å². The molecule has 1 saturated heterocycles. The van der Waals surface area contributed by atoms with Crippen LogP contribution in [0.25, 0.3) is 0 Å². The van der Waals surface area contributed by atoms with Crippen LogP contribution >= 0.6 is 11.6 Å². The van der Waals surface area contributed by atoms with Crippen LogP contribution in [0.4, 0.5) is 0 Å². The summed E-state index contributed by atoms with van der Waals surface area (Å²) in [4.78, 5) is 12.0. The van der Waals surface area contributed by atoms with Gasteiger partial charge in [0, 0.05) is 17.9 Å². The molecule has 0 amide bonds. The Morgan fingerprint density at radius 1 is 1.29 bits per heavy atom. The molecule has 1 fully saturated rings. The first-order valence-electron chi connectivity index (χ1n) is 6.21. The second-order valence-corrected chi connectivity index (χ2v) is 5.11. The molecule has 1 aromatic carbocycles. The van der Waals surface area contributed by atoms with Crippen LogP contribution in [0.5, 0.6) is 0 Å². The highest BCUT2D eigenvalue weighted by Gasteiger charge is 2.17. The number of halogens is 1. The van der Waals surface area contributed by atoms with Gasteiger partial charge in [0.05, 0.1) is 0 Å². The fourth-order valence-electron chi connectivity index (χ4n) is 2.33. The maximum absolute atomic E-state index is 12.0. The standard InChI is InChI=1S/C14H18ClNO/c15-14-4-2-1-3-12(14)10-13(17)9-11-5-7-16-8-6-11/h1-4,11,16H,5-10H2. The Bertz CT molecular complexity index is 386. The van der Waals surface area contributed by atoms with Crippen LogP contribution in [0.1, 0.15) is 24.8 Å². The number of Topliss-reactive ketones (excluding diaryl/α,β-unsaturated/α-hetero) is 1. The van der Waals surface area contributed by atoms with Crippen molar-refractivity contribution in [1.29, 1.82) is 0 Å². The predicted molar refractivity (Wildman–Crippen MR) is 70.4 cm³/mol. The van der Waals surface area contributed by atoms with Crippen molar-refractivity contribution in [2.75, 3.05) is 13.1 Å². The quantitative estimate of drug-likeness (QED) is 0.892. The van der Waals surface area contributed by atoms with E-state index >= 15 is 0 Å². The number of nitrogens with one attached hydrogen (secondary N) is 1. The molecule has 1 N–H and O–H groups in total. The van der Waals surface area contributed by atoms with Crippen molar-refractivity contribution in [3.63, 3.8) is 0 Å². The zero-order valence-electron chi connectivity index (χ0n) is 9.92. The number of piperidine rings is 1. The van der Waals surface area contributed by atoms with E-state index in [0.29, 0.717) is 29.6 Å². The van der Waals surface area contributed by atoms with E-state index in [9.17, 15) is 4.79 Å². The lowest BCUT2D eigenvalue weighted by molar-refractivity contribution is -0.119. The van der Waals surface area contributed by atoms with Crippen LogP contribution in [-0.2, 0) is 11.2 Å². The Morgan fingerprint density at radius 2 is 2.00 bits per heavy atom. The van der Waals surface area contributed by atoms with E-state index < -0.39 is 0 Å². The van der Waals surface area contributed by atoms with Gasteiger partial charge in [0.1, 0.15) is 5.78 Å². The van der Waals surface area contributed by atoms with Crippen LogP contribution in [0.15, 0.2) is 24.3 Å². The Hall–Kier alpha value is -0.860. The number of carbonyl (C=O) groups is 1. The summed E-state index contributed by atoms with van der Waals surface area (Å²) in [5.74, 6) is 0.872. The molecule has 0 unspecified atom stereocenters. The highest BCUT2D eigenvalue weighted by atomic mass is 35.5. The molecule has 17 heavy (non-hydrogen) atoms. The van der Waals surface area contributed by atoms with Gasteiger partial charge in [0.25, 0.3) is 0 Å². The van der Waals surface area contributed by atoms with E-state index in [0.717, 1.165) is 31.5 Å². The zero-order chi connectivity index (χ0) is 12.1. The molecule has 0 spiro atoms. The van der Waals surface area contributed by atoms with Crippen molar-refractivity contribution in [3.8, 4) is 0 Å². The van der Waals surface area contributed by atoms with Crippen molar-refractivity contribution in [2.24, 2.45) is 5.92 Å². The third-order valence-corrected chi connectivity index (χ3v) is 3.69. The molecule has 1 aliphatic rings. The van der Waals surface area contributed by atoms with Crippen LogP contribution in [0.2, 0.25) is 5.02 Å². The topological polar surface area (TPSA) is 29.1 Å². The number of ketones is 1. The van der Waals surface area contributed by atoms with Crippen molar-refractivity contribution < 1.29 is 4.79 Å². The second kappa shape index (κ2) is 6.18. The summed E-state index contributed by atoms with van der Waals surface area (Å²) in [6.45, 7) is 2.09. The van der Waals surface area contributed by atoms with E-state index in [1.54, 1.807) is 0 Å². The normalized spacial score (nSPS) is 17.0. The summed E-state index contributed by atoms with van der Waals surface area (Å²) in [5, 5.41) is 4.01. The molecule has 1 aromatic rings. The SMILES string of the molecule is O=C(Cc1ccccc1Cl)CC1CCNCC1. The van der Waals surface area contributed by atoms with E-state index in [4.69, 9.17) is 11.6 Å². The molecule has 0 bridgehead atoms. The third-order valence-electron chi connectivity index (χ3n) is 3.32. The van der Waals surface area contributed by atoms with Crippen LogP contribution in [-0.4, -0.2) is 18.9 Å². The molecule has 0 radical (unpaired) electrons. The molecule has 0 aromatic heterocycles. The van der Waals surface area contributed by atoms with Gasteiger partial charge < -0.3 is 5.32 Å². The number of carbonyl (C=O) groups excluding carboxylic acids is 1. The Kier molecular flexibility index (Phi) is 4.57. The summed E-state index contributed by atoms with van der Waals surface area (Å²) in [7, 11) is 0. The lowest BCUT2D eigenvalue weighted by Crippen LogP contribution is -2.29. The lowest BCUT2D eigenvalue weighted by atomic mass is 9.91. The Labute approximate surface area is 107 Å². The smallest absolute Gasteiger partial charge is 0.137 e. The number of benzene rings is 1. The molecule has 0 saturated carbocycles. The van der Waals surface area contributed by atoms with Crippen molar-refractivity contribution >= 4 is 17.4 Å². The van der Waals surface area contributed by atoms with Crippen molar-refractivity contribution in [1.82, 2.24) is 5.32 Å². The Morgan fingerprint density at radius 3 is 2.71 bits per heavy atom. The lowest BCUT2D eigenvalue weighted by Gasteiger charge is -2.21. The average Bonchev–Trinajstić information content (AvgIpc) is 2.33. The van der Waals surface area contributed by atoms with Crippen LogP contribution in [0.3, 0.4) is 0 Å². The molecule has 0 aliphatic carbocycles. The Balaban J connectivity index is 1.86. The highest BCUT2D eigenvalue weighted by Crippen LogP contribution is 2.20. The highest BCUT2D eigenvalue weighted by molar-refractivity contribution is 6.31. The van der Waals surface area contributed by atoms with Crippen LogP contribution in [0, 0.1) is 5.92 Å². The van der Waals surface area contributed by atoms with E-state index in [1.165, 1.54) is 0 Å². The molecule has 92 valence electrons. The van der Waals surface area contributed by atoms with E-state index in [1.807, 2.05) is 24.3 Å². The average molecular weight is 252 g/mol. The maximum atomic E-state index is 12.0. The first kappa shape index (κ1) is 12.6. The number of hydrogen-bond acceptors (Lipinski definition) is 2. The summed E-state index contributed by atoms with van der Waals surface area (Å²) < 4.78 is 0. The van der Waals surface area contributed by atoms with Crippen molar-refractivity contribution in [3.05, 3.63) is 34.9 Å². The van der Waals surface area contributed by atoms with Gasteiger partial charge in [-0.3, -0.25) is 4.79 Å². The fourth-order valence-corrected chi connectivity index (χ4v) is 2.54. The molecule has 0 atom stereocenters. The summed E-state index contributed by atoms with van der Waals surface area (Å²) >= 11 is 6.05. The fraction of sp³-hybridized carbons (Fsp3) is 0.500. The van der Waals surface area contributed by atoms with E-state index in [-0.39, 0.29) is 0 Å². The molecular weight excluding hydrogens is 234 g/mol. The predicted octanol–water partition coefficient (Wildman–Crippen LogP) is 2.84. The van der Waals surface area contributed by atoms with Gasteiger partial charge in [-0.1, -0.05) is 29.8 Å². The first-order chi connectivity index (χ1) is 8.25. The van der Waals surface area contributed by atoms with Gasteiger partial charge >= 0.3 is 0 Å². The number of hydrogen-bond donors (Lipinski definition) is 1. The molecule has 1 heterocycles. The van der Waals surface area contributed by atoms with Gasteiger partial charge in [0.2, 0.25) is 0 Å². The maximum Gasteiger partial charge on any atom is 0.137 e. The third kappa shape index (κ3) is 3.83. The number of rotatable bonds is 4. The summed E-state index contributed by atoms with van der Waals surface area (Å²) in [5.41, 5.74) is 0.952. The minimum absolute atomic E-state index is 0.310. The molecule has 1 aliphatic heterocycles.